The van der Waals surface area contributed by atoms with E-state index in [-0.39, 0.29) is 29.9 Å². The molecule has 6 heteroatoms. The Balaban J connectivity index is 1.73. The third kappa shape index (κ3) is 4.99. The summed E-state index contributed by atoms with van der Waals surface area (Å²) < 4.78 is 42.0. The summed E-state index contributed by atoms with van der Waals surface area (Å²) in [6.45, 7) is 5.06. The lowest BCUT2D eigenvalue weighted by molar-refractivity contribution is -0.119. The van der Waals surface area contributed by atoms with Crippen LogP contribution in [0.15, 0.2) is 36.4 Å². The molecule has 1 saturated heterocycles. The zero-order chi connectivity index (χ0) is 21.0. The molecule has 1 heterocycles. The van der Waals surface area contributed by atoms with Crippen LogP contribution in [0.5, 0.6) is 0 Å². The van der Waals surface area contributed by atoms with Crippen molar-refractivity contribution < 1.29 is 18.0 Å². The molecule has 0 atom stereocenters. The van der Waals surface area contributed by atoms with Crippen LogP contribution >= 0.6 is 0 Å². The minimum atomic E-state index is -0.540. The molecule has 0 aromatic heterocycles. The van der Waals surface area contributed by atoms with E-state index in [9.17, 15) is 18.0 Å². The van der Waals surface area contributed by atoms with Crippen LogP contribution in [0.25, 0.3) is 0 Å². The summed E-state index contributed by atoms with van der Waals surface area (Å²) in [5.74, 6) is -1.43. The molecule has 3 nitrogen and oxygen atoms in total. The third-order valence-corrected chi connectivity index (χ3v) is 5.53. The van der Waals surface area contributed by atoms with Gasteiger partial charge in [0.25, 0.3) is 0 Å². The highest BCUT2D eigenvalue weighted by atomic mass is 19.1. The average molecular weight is 404 g/mol. The van der Waals surface area contributed by atoms with E-state index < -0.39 is 11.6 Å². The van der Waals surface area contributed by atoms with Crippen molar-refractivity contribution in [1.82, 2.24) is 4.90 Å². The van der Waals surface area contributed by atoms with Crippen LogP contribution < -0.4 is 4.90 Å². The Morgan fingerprint density at radius 1 is 1.07 bits per heavy atom. The molecule has 1 aliphatic heterocycles. The normalized spacial score (nSPS) is 15.5. The number of hydrogen-bond donors (Lipinski definition) is 0. The second-order valence-electron chi connectivity index (χ2n) is 7.65. The van der Waals surface area contributed by atoms with Crippen molar-refractivity contribution in [2.24, 2.45) is 0 Å². The van der Waals surface area contributed by atoms with Crippen LogP contribution in [0.1, 0.15) is 43.7 Å². The number of piperidine rings is 1. The van der Waals surface area contributed by atoms with Gasteiger partial charge in [0.1, 0.15) is 17.5 Å². The monoisotopic (exact) mass is 404 g/mol. The summed E-state index contributed by atoms with van der Waals surface area (Å²) >= 11 is 0. The van der Waals surface area contributed by atoms with Gasteiger partial charge in [-0.05, 0) is 56.0 Å². The number of nitrogens with zero attached hydrogens (tertiary/aromatic N) is 2. The summed E-state index contributed by atoms with van der Waals surface area (Å²) in [6, 6.07) is 8.73. The molecule has 156 valence electrons. The fourth-order valence-corrected chi connectivity index (χ4v) is 3.87. The molecule has 0 aliphatic carbocycles. The summed E-state index contributed by atoms with van der Waals surface area (Å²) in [6.07, 6.45) is 2.45. The van der Waals surface area contributed by atoms with Gasteiger partial charge in [-0.15, -0.1) is 0 Å². The highest BCUT2D eigenvalue weighted by molar-refractivity contribution is 5.94. The van der Waals surface area contributed by atoms with Gasteiger partial charge in [0.2, 0.25) is 5.91 Å². The summed E-state index contributed by atoms with van der Waals surface area (Å²) in [4.78, 5) is 16.5. The number of carbonyl (C=O) groups is 1. The third-order valence-electron chi connectivity index (χ3n) is 5.53. The second kappa shape index (κ2) is 9.44. The molecule has 2 aromatic carbocycles. The van der Waals surface area contributed by atoms with Gasteiger partial charge in [0, 0.05) is 43.3 Å². The van der Waals surface area contributed by atoms with Crippen molar-refractivity contribution in [3.63, 3.8) is 0 Å². The number of halogens is 3. The lowest BCUT2D eigenvalue weighted by atomic mass is 10.00. The minimum absolute atomic E-state index is 0.0191. The number of anilines is 1. The molecule has 0 unspecified atom stereocenters. The second-order valence-corrected chi connectivity index (χ2v) is 7.65. The Morgan fingerprint density at radius 2 is 1.72 bits per heavy atom. The van der Waals surface area contributed by atoms with E-state index in [1.807, 2.05) is 11.8 Å². The standard InChI is InChI=1S/C23H27F3N2O/c1-3-5-23(29)28(18-9-8-16(2)22(26)14-18)17-10-12-27(13-11-17)15-19-20(24)6-4-7-21(19)25/h4,6-9,14,17H,3,5,10-13,15H2,1-2H3. The van der Waals surface area contributed by atoms with Crippen LogP contribution in [0.4, 0.5) is 18.9 Å². The maximum Gasteiger partial charge on any atom is 0.227 e. The lowest BCUT2D eigenvalue weighted by Crippen LogP contribution is -2.47. The topological polar surface area (TPSA) is 23.6 Å². The highest BCUT2D eigenvalue weighted by Crippen LogP contribution is 2.27. The first-order chi connectivity index (χ1) is 13.9. The van der Waals surface area contributed by atoms with Gasteiger partial charge in [0.05, 0.1) is 0 Å². The van der Waals surface area contributed by atoms with Crippen molar-refractivity contribution in [1.29, 1.82) is 0 Å². The molecule has 29 heavy (non-hydrogen) atoms. The Hall–Kier alpha value is -2.34. The molecule has 2 aromatic rings. The molecule has 0 radical (unpaired) electrons. The predicted molar refractivity (Wildman–Crippen MR) is 108 cm³/mol. The molecule has 1 amide bonds. The molecule has 1 aliphatic rings. The van der Waals surface area contributed by atoms with Gasteiger partial charge >= 0.3 is 0 Å². The van der Waals surface area contributed by atoms with Crippen LogP contribution in [0.2, 0.25) is 0 Å². The van der Waals surface area contributed by atoms with E-state index in [1.165, 1.54) is 24.3 Å². The molecular formula is C23H27F3N2O. The van der Waals surface area contributed by atoms with E-state index in [0.717, 1.165) is 6.42 Å². The van der Waals surface area contributed by atoms with Crippen molar-refractivity contribution >= 4 is 11.6 Å². The largest absolute Gasteiger partial charge is 0.309 e. The van der Waals surface area contributed by atoms with Crippen molar-refractivity contribution in [3.05, 3.63) is 65.0 Å². The van der Waals surface area contributed by atoms with Gasteiger partial charge in [0.15, 0.2) is 0 Å². The maximum atomic E-state index is 14.1. The Bertz CT molecular complexity index is 843. The first kappa shape index (κ1) is 21.4. The van der Waals surface area contributed by atoms with Crippen molar-refractivity contribution in [2.45, 2.75) is 52.1 Å². The van der Waals surface area contributed by atoms with E-state index in [1.54, 1.807) is 24.0 Å². The smallest absolute Gasteiger partial charge is 0.227 e. The number of rotatable bonds is 6. The zero-order valence-electron chi connectivity index (χ0n) is 16.9. The minimum Gasteiger partial charge on any atom is -0.309 e. The lowest BCUT2D eigenvalue weighted by Gasteiger charge is -2.39. The van der Waals surface area contributed by atoms with Gasteiger partial charge < -0.3 is 4.90 Å². The Kier molecular flexibility index (Phi) is 6.96. The number of carbonyl (C=O) groups excluding carboxylic acids is 1. The fraction of sp³-hybridized carbons (Fsp3) is 0.435. The molecule has 0 spiro atoms. The highest BCUT2D eigenvalue weighted by Gasteiger charge is 2.29. The number of benzene rings is 2. The van der Waals surface area contributed by atoms with E-state index in [0.29, 0.717) is 43.6 Å². The van der Waals surface area contributed by atoms with Crippen molar-refractivity contribution in [3.8, 4) is 0 Å². The molecular weight excluding hydrogens is 377 g/mol. The van der Waals surface area contributed by atoms with Gasteiger partial charge in [-0.2, -0.15) is 0 Å². The molecule has 0 saturated carbocycles. The van der Waals surface area contributed by atoms with Crippen LogP contribution in [0, 0.1) is 24.4 Å². The first-order valence-electron chi connectivity index (χ1n) is 10.1. The predicted octanol–water partition coefficient (Wildman–Crippen LogP) is 5.21. The Morgan fingerprint density at radius 3 is 2.31 bits per heavy atom. The maximum absolute atomic E-state index is 14.1. The van der Waals surface area contributed by atoms with Gasteiger partial charge in [-0.25, -0.2) is 13.2 Å². The number of likely N-dealkylation sites (tertiary alicyclic amines) is 1. The van der Waals surface area contributed by atoms with Crippen LogP contribution in [-0.4, -0.2) is 29.9 Å². The van der Waals surface area contributed by atoms with Crippen LogP contribution in [-0.2, 0) is 11.3 Å². The number of aryl methyl sites for hydroxylation is 1. The first-order valence-corrected chi connectivity index (χ1v) is 10.1. The number of hydrogen-bond acceptors (Lipinski definition) is 2. The van der Waals surface area contributed by atoms with Gasteiger partial charge in [-0.1, -0.05) is 19.1 Å². The zero-order valence-corrected chi connectivity index (χ0v) is 16.9. The molecule has 0 bridgehead atoms. The quantitative estimate of drug-likeness (QED) is 0.660. The molecule has 0 N–H and O–H groups in total. The van der Waals surface area contributed by atoms with Crippen molar-refractivity contribution in [2.75, 3.05) is 18.0 Å². The summed E-state index contributed by atoms with van der Waals surface area (Å²) in [5.41, 5.74) is 1.19. The summed E-state index contributed by atoms with van der Waals surface area (Å²) in [5, 5.41) is 0. The summed E-state index contributed by atoms with van der Waals surface area (Å²) in [7, 11) is 0. The van der Waals surface area contributed by atoms with E-state index >= 15 is 0 Å². The molecule has 3 rings (SSSR count). The average Bonchev–Trinajstić information content (AvgIpc) is 2.69. The van der Waals surface area contributed by atoms with E-state index in [2.05, 4.69) is 0 Å². The Labute approximate surface area is 170 Å². The van der Waals surface area contributed by atoms with Crippen LogP contribution in [0.3, 0.4) is 0 Å². The number of amides is 1. The van der Waals surface area contributed by atoms with E-state index in [4.69, 9.17) is 0 Å². The van der Waals surface area contributed by atoms with Gasteiger partial charge in [-0.3, -0.25) is 9.69 Å². The fourth-order valence-electron chi connectivity index (χ4n) is 3.87. The molecule has 1 fully saturated rings. The SMILES string of the molecule is CCCC(=O)N(c1ccc(C)c(F)c1)C1CCN(Cc2c(F)cccc2F)CC1.